The summed E-state index contributed by atoms with van der Waals surface area (Å²) in [6.07, 6.45) is 9.24. The van der Waals surface area contributed by atoms with E-state index in [0.29, 0.717) is 29.5 Å². The summed E-state index contributed by atoms with van der Waals surface area (Å²) >= 11 is 0. The number of nitrogens with one attached hydrogen (secondary N) is 1. The number of nitrogens with zero attached hydrogens (tertiary/aromatic N) is 4. The molecule has 1 aliphatic rings. The molecule has 1 saturated carbocycles. The number of hydrogen-bond acceptors (Lipinski definition) is 6. The topological polar surface area (TPSA) is 76.7 Å². The van der Waals surface area contributed by atoms with E-state index in [0.717, 1.165) is 13.0 Å². The van der Waals surface area contributed by atoms with Gasteiger partial charge in [0.15, 0.2) is 0 Å². The molecule has 1 fully saturated rings. The molecule has 2 heterocycles. The Morgan fingerprint density at radius 2 is 2.00 bits per heavy atom. The Hall–Kier alpha value is -1.82. The van der Waals surface area contributed by atoms with Crippen molar-refractivity contribution in [2.45, 2.75) is 45.1 Å². The van der Waals surface area contributed by atoms with Crippen LogP contribution >= 0.6 is 0 Å². The fraction of sp³-hybridized carbons (Fsp3) is 0.600. The van der Waals surface area contributed by atoms with Crippen molar-refractivity contribution < 1.29 is 4.52 Å². The molecule has 3 rings (SSSR count). The van der Waals surface area contributed by atoms with Gasteiger partial charge in [-0.05, 0) is 31.4 Å². The standard InChI is InChI=1S/C15H21N5O/c1-2-16-12-7-4-3-6-11(12)10-13-19-15(20-21-13)14-17-8-5-9-18-14/h5,8-9,11-12,16H,2-4,6-7,10H2,1H3. The Bertz CT molecular complexity index is 554. The van der Waals surface area contributed by atoms with Crippen molar-refractivity contribution in [1.29, 1.82) is 0 Å². The Labute approximate surface area is 124 Å². The SMILES string of the molecule is CCNC1CCCCC1Cc1nc(-c2ncccn2)no1. The molecule has 0 saturated heterocycles. The van der Waals surface area contributed by atoms with Crippen molar-refractivity contribution in [3.63, 3.8) is 0 Å². The first-order valence-electron chi connectivity index (χ1n) is 7.70. The molecule has 2 atom stereocenters. The fourth-order valence-corrected chi connectivity index (χ4v) is 3.05. The van der Waals surface area contributed by atoms with Gasteiger partial charge in [-0.15, -0.1) is 0 Å². The third-order valence-electron chi connectivity index (χ3n) is 4.05. The van der Waals surface area contributed by atoms with Gasteiger partial charge < -0.3 is 9.84 Å². The maximum atomic E-state index is 5.38. The van der Waals surface area contributed by atoms with Gasteiger partial charge in [-0.3, -0.25) is 0 Å². The van der Waals surface area contributed by atoms with Crippen LogP contribution in [0.15, 0.2) is 23.0 Å². The summed E-state index contributed by atoms with van der Waals surface area (Å²) in [6, 6.07) is 2.33. The van der Waals surface area contributed by atoms with Crippen molar-refractivity contribution >= 4 is 0 Å². The fourth-order valence-electron chi connectivity index (χ4n) is 3.05. The molecule has 6 nitrogen and oxygen atoms in total. The van der Waals surface area contributed by atoms with Gasteiger partial charge >= 0.3 is 0 Å². The van der Waals surface area contributed by atoms with E-state index in [4.69, 9.17) is 4.52 Å². The van der Waals surface area contributed by atoms with Gasteiger partial charge in [-0.25, -0.2) is 9.97 Å². The molecule has 1 N–H and O–H groups in total. The Morgan fingerprint density at radius 3 is 2.81 bits per heavy atom. The van der Waals surface area contributed by atoms with E-state index in [1.165, 1.54) is 25.7 Å². The van der Waals surface area contributed by atoms with E-state index in [2.05, 4.69) is 32.3 Å². The van der Waals surface area contributed by atoms with Crippen LogP contribution in [0.25, 0.3) is 11.6 Å². The Balaban J connectivity index is 1.69. The summed E-state index contributed by atoms with van der Waals surface area (Å²) in [5, 5.41) is 7.57. The van der Waals surface area contributed by atoms with Gasteiger partial charge in [0.1, 0.15) is 0 Å². The number of hydrogen-bond donors (Lipinski definition) is 1. The van der Waals surface area contributed by atoms with Crippen molar-refractivity contribution in [1.82, 2.24) is 25.4 Å². The largest absolute Gasteiger partial charge is 0.339 e. The van der Waals surface area contributed by atoms with Crippen LogP contribution in [0.5, 0.6) is 0 Å². The van der Waals surface area contributed by atoms with Gasteiger partial charge in [-0.2, -0.15) is 4.98 Å². The number of rotatable bonds is 5. The highest BCUT2D eigenvalue weighted by molar-refractivity contribution is 5.40. The molecule has 2 unspecified atom stereocenters. The predicted molar refractivity (Wildman–Crippen MR) is 78.5 cm³/mol. The zero-order valence-corrected chi connectivity index (χ0v) is 12.3. The first-order valence-corrected chi connectivity index (χ1v) is 7.70. The predicted octanol–water partition coefficient (Wildman–Crippen LogP) is 2.24. The summed E-state index contributed by atoms with van der Waals surface area (Å²) in [6.45, 7) is 3.16. The summed E-state index contributed by atoms with van der Waals surface area (Å²) in [7, 11) is 0. The lowest BCUT2D eigenvalue weighted by Gasteiger charge is -2.31. The normalized spacial score (nSPS) is 22.3. The third kappa shape index (κ3) is 3.44. The minimum atomic E-state index is 0.474. The second-order valence-corrected chi connectivity index (χ2v) is 5.50. The third-order valence-corrected chi connectivity index (χ3v) is 4.05. The first-order chi connectivity index (χ1) is 10.4. The molecule has 0 bridgehead atoms. The van der Waals surface area contributed by atoms with Gasteiger partial charge in [0.05, 0.1) is 0 Å². The average Bonchev–Trinajstić information content (AvgIpc) is 2.99. The molecule has 1 aliphatic carbocycles. The minimum Gasteiger partial charge on any atom is -0.339 e. The molecular formula is C15H21N5O. The second kappa shape index (κ2) is 6.76. The van der Waals surface area contributed by atoms with E-state index >= 15 is 0 Å². The van der Waals surface area contributed by atoms with E-state index in [-0.39, 0.29) is 0 Å². The lowest BCUT2D eigenvalue weighted by Crippen LogP contribution is -2.39. The Kier molecular flexibility index (Phi) is 4.55. The van der Waals surface area contributed by atoms with E-state index in [1.54, 1.807) is 18.5 Å². The molecule has 6 heteroatoms. The van der Waals surface area contributed by atoms with Crippen LogP contribution < -0.4 is 5.32 Å². The van der Waals surface area contributed by atoms with Gasteiger partial charge in [0.25, 0.3) is 0 Å². The number of aromatic nitrogens is 4. The van der Waals surface area contributed by atoms with E-state index < -0.39 is 0 Å². The second-order valence-electron chi connectivity index (χ2n) is 5.50. The molecule has 2 aromatic rings. The molecule has 0 aromatic carbocycles. The van der Waals surface area contributed by atoms with Crippen LogP contribution in [0.4, 0.5) is 0 Å². The van der Waals surface area contributed by atoms with Crippen LogP contribution in [-0.2, 0) is 6.42 Å². The molecule has 0 amide bonds. The summed E-state index contributed by atoms with van der Waals surface area (Å²) in [4.78, 5) is 12.7. The monoisotopic (exact) mass is 287 g/mol. The van der Waals surface area contributed by atoms with Gasteiger partial charge in [0, 0.05) is 24.9 Å². The maximum Gasteiger partial charge on any atom is 0.240 e. The highest BCUT2D eigenvalue weighted by atomic mass is 16.5. The summed E-state index contributed by atoms with van der Waals surface area (Å²) < 4.78 is 5.38. The lowest BCUT2D eigenvalue weighted by atomic mass is 9.82. The summed E-state index contributed by atoms with van der Waals surface area (Å²) in [5.74, 6) is 2.25. The van der Waals surface area contributed by atoms with Crippen molar-refractivity contribution in [2.24, 2.45) is 5.92 Å². The van der Waals surface area contributed by atoms with Gasteiger partial charge in [-0.1, -0.05) is 24.9 Å². The Morgan fingerprint density at radius 1 is 1.19 bits per heavy atom. The van der Waals surface area contributed by atoms with Crippen LogP contribution in [-0.4, -0.2) is 32.7 Å². The quantitative estimate of drug-likeness (QED) is 0.908. The zero-order valence-electron chi connectivity index (χ0n) is 12.3. The van der Waals surface area contributed by atoms with E-state index in [9.17, 15) is 0 Å². The van der Waals surface area contributed by atoms with E-state index in [1.807, 2.05) is 0 Å². The molecule has 2 aromatic heterocycles. The van der Waals surface area contributed by atoms with Crippen molar-refractivity contribution in [2.75, 3.05) is 6.54 Å². The molecule has 0 spiro atoms. The average molecular weight is 287 g/mol. The molecule has 21 heavy (non-hydrogen) atoms. The molecular weight excluding hydrogens is 266 g/mol. The highest BCUT2D eigenvalue weighted by Gasteiger charge is 2.26. The lowest BCUT2D eigenvalue weighted by molar-refractivity contribution is 0.242. The van der Waals surface area contributed by atoms with Crippen molar-refractivity contribution in [3.8, 4) is 11.6 Å². The minimum absolute atomic E-state index is 0.474. The van der Waals surface area contributed by atoms with Crippen LogP contribution in [0.2, 0.25) is 0 Å². The van der Waals surface area contributed by atoms with Crippen LogP contribution in [0, 0.1) is 5.92 Å². The smallest absolute Gasteiger partial charge is 0.240 e. The van der Waals surface area contributed by atoms with Gasteiger partial charge in [0.2, 0.25) is 17.5 Å². The zero-order chi connectivity index (χ0) is 14.5. The molecule has 112 valence electrons. The van der Waals surface area contributed by atoms with Crippen LogP contribution in [0.1, 0.15) is 38.5 Å². The van der Waals surface area contributed by atoms with Crippen LogP contribution in [0.3, 0.4) is 0 Å². The molecule has 0 radical (unpaired) electrons. The summed E-state index contributed by atoms with van der Waals surface area (Å²) in [5.41, 5.74) is 0. The van der Waals surface area contributed by atoms with Crippen molar-refractivity contribution in [3.05, 3.63) is 24.4 Å². The molecule has 0 aliphatic heterocycles. The maximum absolute atomic E-state index is 5.38. The first kappa shape index (κ1) is 14.1. The highest BCUT2D eigenvalue weighted by Crippen LogP contribution is 2.27.